The predicted molar refractivity (Wildman–Crippen MR) is 143 cm³/mol. The van der Waals surface area contributed by atoms with Crippen molar-refractivity contribution in [2.45, 2.75) is 19.6 Å². The van der Waals surface area contributed by atoms with Crippen molar-refractivity contribution >= 4 is 16.9 Å². The number of ether oxygens (including phenoxy) is 1. The molecule has 5 nitrogen and oxygen atoms in total. The number of carbonyl (C=O) groups is 1. The van der Waals surface area contributed by atoms with E-state index in [9.17, 15) is 9.90 Å². The Balaban J connectivity index is 1.42. The lowest BCUT2D eigenvalue weighted by atomic mass is 10.0. The quantitative estimate of drug-likeness (QED) is 0.268. The Morgan fingerprint density at radius 1 is 0.861 bits per heavy atom. The first-order valence-corrected chi connectivity index (χ1v) is 12.0. The zero-order chi connectivity index (χ0) is 24.9. The van der Waals surface area contributed by atoms with Crippen LogP contribution in [0.25, 0.3) is 22.0 Å². The van der Waals surface area contributed by atoms with E-state index in [1.165, 1.54) is 5.56 Å². The van der Waals surface area contributed by atoms with E-state index in [1.807, 2.05) is 42.5 Å². The van der Waals surface area contributed by atoms with Crippen LogP contribution in [0.4, 0.5) is 0 Å². The standard InChI is InChI=1S/C31H28N2O3/c32-16-15-25-20-33(19-22-7-6-11-24(17-22)31(34)35)30-14-13-27(18-29(25)30)36-21-26-10-4-5-12-28(26)23-8-2-1-3-9-23/h1-14,17-18,20H,15-16,19,21,32H2,(H,34,35). The molecule has 180 valence electrons. The summed E-state index contributed by atoms with van der Waals surface area (Å²) >= 11 is 0. The van der Waals surface area contributed by atoms with Crippen molar-refractivity contribution in [3.63, 3.8) is 0 Å². The number of carboxylic acids is 1. The fourth-order valence-corrected chi connectivity index (χ4v) is 4.63. The van der Waals surface area contributed by atoms with Crippen LogP contribution in [0.3, 0.4) is 0 Å². The number of rotatable bonds is 9. The van der Waals surface area contributed by atoms with Crippen LogP contribution >= 0.6 is 0 Å². The maximum Gasteiger partial charge on any atom is 0.335 e. The molecule has 0 aliphatic carbocycles. The monoisotopic (exact) mass is 476 g/mol. The highest BCUT2D eigenvalue weighted by molar-refractivity contribution is 5.88. The highest BCUT2D eigenvalue weighted by atomic mass is 16.5. The molecule has 4 aromatic carbocycles. The van der Waals surface area contributed by atoms with Crippen LogP contribution in [-0.2, 0) is 19.6 Å². The van der Waals surface area contributed by atoms with Gasteiger partial charge in [0.25, 0.3) is 0 Å². The van der Waals surface area contributed by atoms with Gasteiger partial charge in [-0.2, -0.15) is 0 Å². The fourth-order valence-electron chi connectivity index (χ4n) is 4.63. The second-order valence-electron chi connectivity index (χ2n) is 8.82. The number of fused-ring (bicyclic) bond motifs is 1. The Morgan fingerprint density at radius 3 is 2.47 bits per heavy atom. The van der Waals surface area contributed by atoms with Gasteiger partial charge in [0.15, 0.2) is 0 Å². The number of hydrogen-bond acceptors (Lipinski definition) is 3. The van der Waals surface area contributed by atoms with Gasteiger partial charge in [0, 0.05) is 23.6 Å². The highest BCUT2D eigenvalue weighted by Crippen LogP contribution is 2.29. The van der Waals surface area contributed by atoms with Crippen molar-refractivity contribution in [1.29, 1.82) is 0 Å². The van der Waals surface area contributed by atoms with E-state index in [1.54, 1.807) is 18.2 Å². The van der Waals surface area contributed by atoms with Crippen molar-refractivity contribution in [2.24, 2.45) is 5.73 Å². The number of hydrogen-bond donors (Lipinski definition) is 2. The van der Waals surface area contributed by atoms with E-state index in [0.29, 0.717) is 19.7 Å². The summed E-state index contributed by atoms with van der Waals surface area (Å²) in [6, 6.07) is 31.8. The molecule has 5 aromatic rings. The van der Waals surface area contributed by atoms with E-state index >= 15 is 0 Å². The van der Waals surface area contributed by atoms with Gasteiger partial charge in [-0.25, -0.2) is 4.79 Å². The number of carboxylic acid groups (broad SMARTS) is 1. The Kier molecular flexibility index (Phi) is 6.83. The van der Waals surface area contributed by atoms with Crippen LogP contribution in [0.5, 0.6) is 5.75 Å². The van der Waals surface area contributed by atoms with Crippen molar-refractivity contribution in [3.8, 4) is 16.9 Å². The second-order valence-corrected chi connectivity index (χ2v) is 8.82. The van der Waals surface area contributed by atoms with E-state index in [0.717, 1.165) is 45.3 Å². The summed E-state index contributed by atoms with van der Waals surface area (Å²) < 4.78 is 8.41. The molecule has 0 spiro atoms. The van der Waals surface area contributed by atoms with Gasteiger partial charge in [0.1, 0.15) is 12.4 Å². The Bertz CT molecular complexity index is 1510. The molecular formula is C31H28N2O3. The van der Waals surface area contributed by atoms with E-state index in [4.69, 9.17) is 10.5 Å². The summed E-state index contributed by atoms with van der Waals surface area (Å²) in [5.41, 5.74) is 12.8. The molecule has 0 unspecified atom stereocenters. The lowest BCUT2D eigenvalue weighted by molar-refractivity contribution is 0.0696. The van der Waals surface area contributed by atoms with Gasteiger partial charge >= 0.3 is 5.97 Å². The molecular weight excluding hydrogens is 448 g/mol. The Labute approximate surface area is 210 Å². The maximum atomic E-state index is 11.4. The van der Waals surface area contributed by atoms with Gasteiger partial charge < -0.3 is 20.1 Å². The maximum absolute atomic E-state index is 11.4. The molecule has 5 rings (SSSR count). The molecule has 5 heteroatoms. The lowest BCUT2D eigenvalue weighted by Gasteiger charge is -2.12. The number of nitrogens with zero attached hydrogens (tertiary/aromatic N) is 1. The van der Waals surface area contributed by atoms with Gasteiger partial charge in [-0.15, -0.1) is 0 Å². The molecule has 0 saturated heterocycles. The average Bonchev–Trinajstić information content (AvgIpc) is 3.24. The minimum atomic E-state index is -0.923. The molecule has 3 N–H and O–H groups in total. The van der Waals surface area contributed by atoms with Crippen LogP contribution in [-0.4, -0.2) is 22.2 Å². The van der Waals surface area contributed by atoms with Crippen LogP contribution in [0.2, 0.25) is 0 Å². The molecule has 0 bridgehead atoms. The number of aromatic carboxylic acids is 1. The summed E-state index contributed by atoms with van der Waals surface area (Å²) in [6.45, 7) is 1.58. The molecule has 0 saturated carbocycles. The van der Waals surface area contributed by atoms with Crippen LogP contribution < -0.4 is 10.5 Å². The number of nitrogens with two attached hydrogens (primary N) is 1. The van der Waals surface area contributed by atoms with Gasteiger partial charge in [0.2, 0.25) is 0 Å². The molecule has 0 amide bonds. The van der Waals surface area contributed by atoms with E-state index in [2.05, 4.69) is 47.2 Å². The van der Waals surface area contributed by atoms with Crippen molar-refractivity contribution in [3.05, 3.63) is 126 Å². The zero-order valence-corrected chi connectivity index (χ0v) is 19.9. The Morgan fingerprint density at radius 2 is 1.67 bits per heavy atom. The lowest BCUT2D eigenvalue weighted by Crippen LogP contribution is -2.03. The first-order chi connectivity index (χ1) is 17.6. The minimum absolute atomic E-state index is 0.289. The highest BCUT2D eigenvalue weighted by Gasteiger charge is 2.12. The topological polar surface area (TPSA) is 77.5 Å². The smallest absolute Gasteiger partial charge is 0.335 e. The van der Waals surface area contributed by atoms with Gasteiger partial charge in [-0.3, -0.25) is 0 Å². The molecule has 0 radical (unpaired) electrons. The number of benzene rings is 4. The van der Waals surface area contributed by atoms with Crippen LogP contribution in [0, 0.1) is 0 Å². The zero-order valence-electron chi connectivity index (χ0n) is 19.9. The molecule has 36 heavy (non-hydrogen) atoms. The Hall–Kier alpha value is -4.35. The van der Waals surface area contributed by atoms with Crippen molar-refractivity contribution in [2.75, 3.05) is 6.54 Å². The largest absolute Gasteiger partial charge is 0.489 e. The molecule has 0 aliphatic rings. The van der Waals surface area contributed by atoms with Crippen LogP contribution in [0.1, 0.15) is 27.0 Å². The molecule has 0 atom stereocenters. The SMILES string of the molecule is NCCc1cn(Cc2cccc(C(=O)O)c2)c2ccc(OCc3ccccc3-c3ccccc3)cc12. The summed E-state index contributed by atoms with van der Waals surface area (Å²) in [6.07, 6.45) is 2.86. The van der Waals surface area contributed by atoms with Gasteiger partial charge in [-0.1, -0.05) is 66.7 Å². The minimum Gasteiger partial charge on any atom is -0.489 e. The third-order valence-electron chi connectivity index (χ3n) is 6.37. The van der Waals surface area contributed by atoms with E-state index < -0.39 is 5.97 Å². The first-order valence-electron chi connectivity index (χ1n) is 12.0. The number of aromatic nitrogens is 1. The summed E-state index contributed by atoms with van der Waals surface area (Å²) in [7, 11) is 0. The third kappa shape index (κ3) is 5.02. The molecule has 0 aliphatic heterocycles. The first kappa shape index (κ1) is 23.4. The van der Waals surface area contributed by atoms with E-state index in [-0.39, 0.29) is 5.56 Å². The molecule has 1 heterocycles. The molecule has 0 fully saturated rings. The van der Waals surface area contributed by atoms with Gasteiger partial charge in [0.05, 0.1) is 5.56 Å². The predicted octanol–water partition coefficient (Wildman–Crippen LogP) is 6.14. The van der Waals surface area contributed by atoms with Gasteiger partial charge in [-0.05, 0) is 71.1 Å². The third-order valence-corrected chi connectivity index (χ3v) is 6.37. The van der Waals surface area contributed by atoms with Crippen molar-refractivity contribution < 1.29 is 14.6 Å². The van der Waals surface area contributed by atoms with Crippen molar-refractivity contribution in [1.82, 2.24) is 4.57 Å². The molecule has 1 aromatic heterocycles. The second kappa shape index (κ2) is 10.5. The van der Waals surface area contributed by atoms with Crippen LogP contribution in [0.15, 0.2) is 103 Å². The summed E-state index contributed by atoms with van der Waals surface area (Å²) in [5.74, 6) is -0.122. The fraction of sp³-hybridized carbons (Fsp3) is 0.129. The summed E-state index contributed by atoms with van der Waals surface area (Å²) in [4.78, 5) is 11.4. The summed E-state index contributed by atoms with van der Waals surface area (Å²) in [5, 5.41) is 10.4. The normalized spacial score (nSPS) is 11.0. The average molecular weight is 477 g/mol.